The van der Waals surface area contributed by atoms with E-state index in [9.17, 15) is 14.4 Å². The molecule has 0 saturated heterocycles. The zero-order valence-corrected chi connectivity index (χ0v) is 16.7. The van der Waals surface area contributed by atoms with Crippen molar-refractivity contribution in [1.29, 1.82) is 0 Å². The molecule has 2 rings (SSSR count). The Balaban J connectivity index is 1.96. The van der Waals surface area contributed by atoms with E-state index in [2.05, 4.69) is 10.3 Å². The van der Waals surface area contributed by atoms with E-state index < -0.39 is 23.2 Å². The smallest absolute Gasteiger partial charge is 0.410 e. The number of ether oxygens (including phenoxy) is 1. The third-order valence-electron chi connectivity index (χ3n) is 3.94. The van der Waals surface area contributed by atoms with Crippen LogP contribution in [0.1, 0.15) is 38.1 Å². The summed E-state index contributed by atoms with van der Waals surface area (Å²) in [7, 11) is 0. The minimum absolute atomic E-state index is 0.0278. The van der Waals surface area contributed by atoms with Crippen molar-refractivity contribution in [3.63, 3.8) is 0 Å². The van der Waals surface area contributed by atoms with Crippen LogP contribution in [0.5, 0.6) is 0 Å². The normalized spacial score (nSPS) is 11.0. The van der Waals surface area contributed by atoms with Crippen LogP contribution < -0.4 is 10.9 Å². The second kappa shape index (κ2) is 9.21. The number of carbonyl (C=O) groups is 2. The third-order valence-corrected chi connectivity index (χ3v) is 3.94. The standard InChI is InChI=1S/C21H27N3O4/c1-5-24(20(27)28-21(2,3)4)14-13-22-18(25)16-11-12-17(23-19(16)26)15-9-7-6-8-10-15/h6-12H,5,13-14H2,1-4H3,(H,22,25)(H,23,26). The molecule has 0 unspecified atom stereocenters. The van der Waals surface area contributed by atoms with E-state index in [1.54, 1.807) is 26.8 Å². The van der Waals surface area contributed by atoms with Crippen LogP contribution in [-0.2, 0) is 4.74 Å². The van der Waals surface area contributed by atoms with E-state index in [0.29, 0.717) is 12.2 Å². The Morgan fingerprint density at radius 2 is 1.79 bits per heavy atom. The lowest BCUT2D eigenvalue weighted by Gasteiger charge is -2.26. The summed E-state index contributed by atoms with van der Waals surface area (Å²) in [5.41, 5.74) is 0.492. The quantitative estimate of drug-likeness (QED) is 0.800. The highest BCUT2D eigenvalue weighted by Gasteiger charge is 2.21. The number of amides is 2. The van der Waals surface area contributed by atoms with Crippen LogP contribution in [0.4, 0.5) is 4.79 Å². The first-order chi connectivity index (χ1) is 13.2. The van der Waals surface area contributed by atoms with Gasteiger partial charge in [0.1, 0.15) is 11.2 Å². The van der Waals surface area contributed by atoms with Crippen LogP contribution in [-0.4, -0.2) is 47.1 Å². The van der Waals surface area contributed by atoms with Gasteiger partial charge in [-0.1, -0.05) is 30.3 Å². The fraction of sp³-hybridized carbons (Fsp3) is 0.381. The number of nitrogens with one attached hydrogen (secondary N) is 2. The lowest BCUT2D eigenvalue weighted by Crippen LogP contribution is -2.41. The molecule has 0 bridgehead atoms. The molecule has 0 aliphatic heterocycles. The molecule has 150 valence electrons. The number of aromatic nitrogens is 1. The van der Waals surface area contributed by atoms with Crippen LogP contribution >= 0.6 is 0 Å². The number of likely N-dealkylation sites (N-methyl/N-ethyl adjacent to an activating group) is 1. The molecule has 2 amide bonds. The van der Waals surface area contributed by atoms with Gasteiger partial charge in [-0.3, -0.25) is 9.59 Å². The number of rotatable bonds is 6. The van der Waals surface area contributed by atoms with Gasteiger partial charge in [-0.05, 0) is 45.4 Å². The second-order valence-corrected chi connectivity index (χ2v) is 7.30. The van der Waals surface area contributed by atoms with Gasteiger partial charge in [0.15, 0.2) is 0 Å². The molecule has 1 aromatic carbocycles. The monoisotopic (exact) mass is 385 g/mol. The maximum absolute atomic E-state index is 12.3. The lowest BCUT2D eigenvalue weighted by molar-refractivity contribution is 0.0261. The number of hydrogen-bond acceptors (Lipinski definition) is 4. The summed E-state index contributed by atoms with van der Waals surface area (Å²) in [5, 5.41) is 2.67. The van der Waals surface area contributed by atoms with Gasteiger partial charge in [0.05, 0.1) is 0 Å². The summed E-state index contributed by atoms with van der Waals surface area (Å²) in [4.78, 5) is 40.9. The van der Waals surface area contributed by atoms with E-state index in [1.807, 2.05) is 37.3 Å². The van der Waals surface area contributed by atoms with Gasteiger partial charge in [-0.2, -0.15) is 0 Å². The van der Waals surface area contributed by atoms with Crippen molar-refractivity contribution in [2.45, 2.75) is 33.3 Å². The zero-order valence-electron chi connectivity index (χ0n) is 16.7. The lowest BCUT2D eigenvalue weighted by atomic mass is 10.1. The molecule has 1 heterocycles. The fourth-order valence-corrected chi connectivity index (χ4v) is 2.54. The van der Waals surface area contributed by atoms with Crippen LogP contribution in [0.15, 0.2) is 47.3 Å². The first-order valence-corrected chi connectivity index (χ1v) is 9.26. The fourth-order valence-electron chi connectivity index (χ4n) is 2.54. The van der Waals surface area contributed by atoms with Crippen molar-refractivity contribution in [3.05, 3.63) is 58.4 Å². The summed E-state index contributed by atoms with van der Waals surface area (Å²) in [6.45, 7) is 8.18. The highest BCUT2D eigenvalue weighted by molar-refractivity contribution is 5.94. The summed E-state index contributed by atoms with van der Waals surface area (Å²) < 4.78 is 5.33. The van der Waals surface area contributed by atoms with Gasteiger partial charge in [0.2, 0.25) is 0 Å². The second-order valence-electron chi connectivity index (χ2n) is 7.30. The van der Waals surface area contributed by atoms with Crippen LogP contribution in [0, 0.1) is 0 Å². The molecule has 28 heavy (non-hydrogen) atoms. The Morgan fingerprint density at radius 3 is 2.36 bits per heavy atom. The van der Waals surface area contributed by atoms with Gasteiger partial charge in [-0.25, -0.2) is 4.79 Å². The van der Waals surface area contributed by atoms with Gasteiger partial charge < -0.3 is 19.9 Å². The van der Waals surface area contributed by atoms with Gasteiger partial charge in [0.25, 0.3) is 11.5 Å². The highest BCUT2D eigenvalue weighted by atomic mass is 16.6. The third kappa shape index (κ3) is 5.97. The number of nitrogens with zero attached hydrogens (tertiary/aromatic N) is 1. The number of hydrogen-bond donors (Lipinski definition) is 2. The molecule has 0 saturated carbocycles. The summed E-state index contributed by atoms with van der Waals surface area (Å²) in [6.07, 6.45) is -0.436. The SMILES string of the molecule is CCN(CCNC(=O)c1ccc(-c2ccccc2)[nH]c1=O)C(=O)OC(C)(C)C. The van der Waals surface area contributed by atoms with E-state index in [1.165, 1.54) is 11.0 Å². The van der Waals surface area contributed by atoms with Crippen molar-refractivity contribution in [2.75, 3.05) is 19.6 Å². The molecular weight excluding hydrogens is 358 g/mol. The van der Waals surface area contributed by atoms with Crippen LogP contribution in [0.2, 0.25) is 0 Å². The summed E-state index contributed by atoms with van der Waals surface area (Å²) in [5.74, 6) is -0.485. The molecule has 2 aromatic rings. The summed E-state index contributed by atoms with van der Waals surface area (Å²) >= 11 is 0. The number of benzene rings is 1. The Kier molecular flexibility index (Phi) is 6.98. The number of pyridine rings is 1. The molecular formula is C21H27N3O4. The molecule has 0 fully saturated rings. The molecule has 0 radical (unpaired) electrons. The first-order valence-electron chi connectivity index (χ1n) is 9.26. The maximum atomic E-state index is 12.3. The van der Waals surface area contributed by atoms with E-state index in [0.717, 1.165) is 5.56 Å². The van der Waals surface area contributed by atoms with Crippen molar-refractivity contribution < 1.29 is 14.3 Å². The van der Waals surface area contributed by atoms with Crippen molar-refractivity contribution in [2.24, 2.45) is 0 Å². The Morgan fingerprint density at radius 1 is 1.11 bits per heavy atom. The predicted octanol–water partition coefficient (Wildman–Crippen LogP) is 3.03. The molecule has 0 atom stereocenters. The van der Waals surface area contributed by atoms with E-state index in [4.69, 9.17) is 4.74 Å². The van der Waals surface area contributed by atoms with Gasteiger partial charge >= 0.3 is 6.09 Å². The van der Waals surface area contributed by atoms with Gasteiger partial charge in [0, 0.05) is 25.3 Å². The van der Waals surface area contributed by atoms with Crippen molar-refractivity contribution >= 4 is 12.0 Å². The molecule has 0 aliphatic carbocycles. The first kappa shape index (κ1) is 21.2. The topological polar surface area (TPSA) is 91.5 Å². The average molecular weight is 385 g/mol. The molecule has 0 spiro atoms. The highest BCUT2D eigenvalue weighted by Crippen LogP contribution is 2.14. The van der Waals surface area contributed by atoms with Crippen molar-refractivity contribution in [1.82, 2.24) is 15.2 Å². The van der Waals surface area contributed by atoms with Gasteiger partial charge in [-0.15, -0.1) is 0 Å². The van der Waals surface area contributed by atoms with E-state index >= 15 is 0 Å². The largest absolute Gasteiger partial charge is 0.444 e. The van der Waals surface area contributed by atoms with Crippen molar-refractivity contribution in [3.8, 4) is 11.3 Å². The minimum Gasteiger partial charge on any atom is -0.444 e. The van der Waals surface area contributed by atoms with Crippen LogP contribution in [0.3, 0.4) is 0 Å². The van der Waals surface area contributed by atoms with E-state index in [-0.39, 0.29) is 18.7 Å². The molecule has 2 N–H and O–H groups in total. The van der Waals surface area contributed by atoms with Crippen LogP contribution in [0.25, 0.3) is 11.3 Å². The zero-order chi connectivity index (χ0) is 20.7. The predicted molar refractivity (Wildman–Crippen MR) is 108 cm³/mol. The summed E-state index contributed by atoms with van der Waals surface area (Å²) in [6, 6.07) is 12.6. The molecule has 1 aromatic heterocycles. The number of aromatic amines is 1. The Hall–Kier alpha value is -3.09. The minimum atomic E-state index is -0.582. The maximum Gasteiger partial charge on any atom is 0.410 e. The molecule has 7 heteroatoms. The Labute approximate surface area is 164 Å². The number of carbonyl (C=O) groups excluding carboxylic acids is 2. The average Bonchev–Trinajstić information content (AvgIpc) is 2.64. The molecule has 7 nitrogen and oxygen atoms in total. The number of H-pyrrole nitrogens is 1. The molecule has 0 aliphatic rings. The Bertz CT molecular complexity index is 869.